The molecule has 5 heteroatoms. The number of aryl methyl sites for hydroxylation is 2. The van der Waals surface area contributed by atoms with E-state index in [9.17, 15) is 9.59 Å². The Balaban J connectivity index is 1.68. The highest BCUT2D eigenvalue weighted by atomic mass is 79.9. The van der Waals surface area contributed by atoms with Gasteiger partial charge in [0.05, 0.1) is 0 Å². The maximum Gasteiger partial charge on any atom is 0.349 e. The Labute approximate surface area is 147 Å². The first-order valence-electron chi connectivity index (χ1n) is 7.67. The highest BCUT2D eigenvalue weighted by Gasteiger charge is 2.23. The molecule has 1 heterocycles. The molecule has 1 aliphatic rings. The summed E-state index contributed by atoms with van der Waals surface area (Å²) in [4.78, 5) is 26.5. The summed E-state index contributed by atoms with van der Waals surface area (Å²) >= 11 is 4.84. The number of hydrogen-bond donors (Lipinski definition) is 0. The van der Waals surface area contributed by atoms with E-state index in [2.05, 4.69) is 15.9 Å². The number of halogens is 1. The summed E-state index contributed by atoms with van der Waals surface area (Å²) in [5.41, 5.74) is 1.80. The molecule has 1 aromatic heterocycles. The van der Waals surface area contributed by atoms with E-state index in [1.165, 1.54) is 34.6 Å². The van der Waals surface area contributed by atoms with E-state index < -0.39 is 12.1 Å². The first-order chi connectivity index (χ1) is 11.0. The van der Waals surface area contributed by atoms with E-state index >= 15 is 0 Å². The molecule has 0 unspecified atom stereocenters. The van der Waals surface area contributed by atoms with Crippen LogP contribution < -0.4 is 0 Å². The molecule has 1 aromatic carbocycles. The van der Waals surface area contributed by atoms with E-state index in [-0.39, 0.29) is 5.78 Å². The summed E-state index contributed by atoms with van der Waals surface area (Å²) in [7, 11) is 0. The standard InChI is InChI=1S/C18H17BrO3S/c1-11(17(20)12-6-8-14(19)9-7-12)22-18(21)16-10-13-4-2-3-5-15(13)23-16/h6-11H,2-5H2,1H3/t11-/m1/s1. The van der Waals surface area contributed by atoms with Gasteiger partial charge in [-0.3, -0.25) is 4.79 Å². The fraction of sp³-hybridized carbons (Fsp3) is 0.333. The first kappa shape index (κ1) is 16.4. The van der Waals surface area contributed by atoms with Crippen LogP contribution in [0.15, 0.2) is 34.8 Å². The van der Waals surface area contributed by atoms with Crippen molar-refractivity contribution in [3.8, 4) is 0 Å². The predicted molar refractivity (Wildman–Crippen MR) is 94.3 cm³/mol. The van der Waals surface area contributed by atoms with Gasteiger partial charge in [-0.05, 0) is 56.4 Å². The molecule has 0 saturated heterocycles. The first-order valence-corrected chi connectivity index (χ1v) is 9.28. The Kier molecular flexibility index (Phi) is 4.97. The molecule has 0 spiro atoms. The maximum absolute atomic E-state index is 12.3. The maximum atomic E-state index is 12.3. The molecular formula is C18H17BrO3S. The molecule has 2 aromatic rings. The fourth-order valence-corrected chi connectivity index (χ4v) is 4.11. The molecule has 23 heavy (non-hydrogen) atoms. The van der Waals surface area contributed by atoms with Gasteiger partial charge in [0.2, 0.25) is 5.78 Å². The van der Waals surface area contributed by atoms with Crippen LogP contribution in [-0.2, 0) is 17.6 Å². The topological polar surface area (TPSA) is 43.4 Å². The molecule has 0 fully saturated rings. The minimum Gasteiger partial charge on any atom is -0.450 e. The van der Waals surface area contributed by atoms with Crippen LogP contribution in [0.2, 0.25) is 0 Å². The number of benzene rings is 1. The molecule has 3 rings (SSSR count). The van der Waals surface area contributed by atoms with Crippen LogP contribution in [0.4, 0.5) is 0 Å². The van der Waals surface area contributed by atoms with Crippen LogP contribution in [-0.4, -0.2) is 17.9 Å². The van der Waals surface area contributed by atoms with Crippen molar-refractivity contribution < 1.29 is 14.3 Å². The normalized spacial score (nSPS) is 14.9. The number of rotatable bonds is 4. The zero-order valence-corrected chi connectivity index (χ0v) is 15.2. The lowest BCUT2D eigenvalue weighted by atomic mass is 9.99. The Bertz CT molecular complexity index is 710. The van der Waals surface area contributed by atoms with Crippen LogP contribution >= 0.6 is 27.3 Å². The summed E-state index contributed by atoms with van der Waals surface area (Å²) in [5, 5.41) is 0. The number of esters is 1. The molecule has 0 bridgehead atoms. The van der Waals surface area contributed by atoms with Crippen molar-refractivity contribution in [2.24, 2.45) is 0 Å². The van der Waals surface area contributed by atoms with Gasteiger partial charge >= 0.3 is 5.97 Å². The minimum atomic E-state index is -0.789. The monoisotopic (exact) mass is 392 g/mol. The van der Waals surface area contributed by atoms with Gasteiger partial charge in [-0.2, -0.15) is 0 Å². The lowest BCUT2D eigenvalue weighted by Gasteiger charge is -2.11. The lowest BCUT2D eigenvalue weighted by Crippen LogP contribution is -2.24. The summed E-state index contributed by atoms with van der Waals surface area (Å²) in [6.07, 6.45) is 3.65. The fourth-order valence-electron chi connectivity index (χ4n) is 2.71. The van der Waals surface area contributed by atoms with Crippen LogP contribution in [0, 0.1) is 0 Å². The van der Waals surface area contributed by atoms with Crippen molar-refractivity contribution in [1.82, 2.24) is 0 Å². The number of carbonyl (C=O) groups excluding carboxylic acids is 2. The molecular weight excluding hydrogens is 376 g/mol. The van der Waals surface area contributed by atoms with Crippen LogP contribution in [0.1, 0.15) is 50.2 Å². The van der Waals surface area contributed by atoms with Gasteiger partial charge in [0, 0.05) is 14.9 Å². The molecule has 0 radical (unpaired) electrons. The third-order valence-corrected chi connectivity index (χ3v) is 5.73. The summed E-state index contributed by atoms with van der Waals surface area (Å²) < 4.78 is 6.28. The van der Waals surface area contributed by atoms with E-state index in [4.69, 9.17) is 4.74 Å². The van der Waals surface area contributed by atoms with Gasteiger partial charge < -0.3 is 4.74 Å². The van der Waals surface area contributed by atoms with Crippen molar-refractivity contribution in [1.29, 1.82) is 0 Å². The Hall–Kier alpha value is -1.46. The van der Waals surface area contributed by atoms with Crippen molar-refractivity contribution >= 4 is 39.0 Å². The third-order valence-electron chi connectivity index (χ3n) is 3.98. The SMILES string of the molecule is C[C@@H](OC(=O)c1cc2c(s1)CCCC2)C(=O)c1ccc(Br)cc1. The van der Waals surface area contributed by atoms with Gasteiger partial charge in [-0.15, -0.1) is 11.3 Å². The molecule has 0 N–H and O–H groups in total. The van der Waals surface area contributed by atoms with Crippen molar-refractivity contribution in [3.05, 3.63) is 55.7 Å². The number of Topliss-reactive ketones (excluding diaryl/α,β-unsaturated/α-hetero) is 1. The molecule has 1 aliphatic carbocycles. The Morgan fingerprint density at radius 3 is 2.57 bits per heavy atom. The lowest BCUT2D eigenvalue weighted by molar-refractivity contribution is 0.0323. The molecule has 120 valence electrons. The quantitative estimate of drug-likeness (QED) is 0.553. The average molecular weight is 393 g/mol. The van der Waals surface area contributed by atoms with Crippen molar-refractivity contribution in [2.45, 2.75) is 38.7 Å². The zero-order valence-electron chi connectivity index (χ0n) is 12.8. The molecule has 1 atom stereocenters. The number of fused-ring (bicyclic) bond motifs is 1. The molecule has 3 nitrogen and oxygen atoms in total. The van der Waals surface area contributed by atoms with Crippen LogP contribution in [0.5, 0.6) is 0 Å². The predicted octanol–water partition coefficient (Wildman–Crippen LogP) is 4.82. The number of carbonyl (C=O) groups is 2. The minimum absolute atomic E-state index is 0.188. The van der Waals surface area contributed by atoms with Gasteiger partial charge in [-0.1, -0.05) is 28.1 Å². The van der Waals surface area contributed by atoms with Crippen LogP contribution in [0.3, 0.4) is 0 Å². The second kappa shape index (κ2) is 6.97. The second-order valence-electron chi connectivity index (χ2n) is 5.68. The third kappa shape index (κ3) is 3.72. The summed E-state index contributed by atoms with van der Waals surface area (Å²) in [5.74, 6) is -0.588. The van der Waals surface area contributed by atoms with E-state index in [1.54, 1.807) is 31.2 Å². The van der Waals surface area contributed by atoms with Crippen molar-refractivity contribution in [3.63, 3.8) is 0 Å². The van der Waals surface area contributed by atoms with Gasteiger partial charge in [0.25, 0.3) is 0 Å². The number of ether oxygens (including phenoxy) is 1. The summed E-state index contributed by atoms with van der Waals surface area (Å²) in [6.45, 7) is 1.62. The van der Waals surface area contributed by atoms with E-state index in [0.29, 0.717) is 10.4 Å². The smallest absolute Gasteiger partial charge is 0.349 e. The molecule has 0 saturated carbocycles. The second-order valence-corrected chi connectivity index (χ2v) is 7.74. The van der Waals surface area contributed by atoms with E-state index in [1.807, 2.05) is 6.07 Å². The highest BCUT2D eigenvalue weighted by molar-refractivity contribution is 9.10. The number of hydrogen-bond acceptors (Lipinski definition) is 4. The number of thiophene rings is 1. The van der Waals surface area contributed by atoms with E-state index in [0.717, 1.165) is 17.3 Å². The Morgan fingerprint density at radius 2 is 1.87 bits per heavy atom. The average Bonchev–Trinajstić information content (AvgIpc) is 2.99. The van der Waals surface area contributed by atoms with Gasteiger partial charge in [0.15, 0.2) is 6.10 Å². The van der Waals surface area contributed by atoms with Gasteiger partial charge in [0.1, 0.15) is 4.88 Å². The Morgan fingerprint density at radius 1 is 1.17 bits per heavy atom. The summed E-state index contributed by atoms with van der Waals surface area (Å²) in [6, 6.07) is 8.98. The molecule has 0 amide bonds. The highest BCUT2D eigenvalue weighted by Crippen LogP contribution is 2.30. The number of ketones is 1. The van der Waals surface area contributed by atoms with Crippen molar-refractivity contribution in [2.75, 3.05) is 0 Å². The zero-order chi connectivity index (χ0) is 16.4. The van der Waals surface area contributed by atoms with Crippen LogP contribution in [0.25, 0.3) is 0 Å². The molecule has 0 aliphatic heterocycles. The largest absolute Gasteiger partial charge is 0.450 e. The van der Waals surface area contributed by atoms with Gasteiger partial charge in [-0.25, -0.2) is 4.79 Å².